The molecule has 0 radical (unpaired) electrons. The van der Waals surface area contributed by atoms with Gasteiger partial charge in [0.2, 0.25) is 11.7 Å². The summed E-state index contributed by atoms with van der Waals surface area (Å²) < 4.78 is 5.42. The average Bonchev–Trinajstić information content (AvgIpc) is 3.09. The predicted molar refractivity (Wildman–Crippen MR) is 94.4 cm³/mol. The first kappa shape index (κ1) is 17.5. The van der Waals surface area contributed by atoms with E-state index in [-0.39, 0.29) is 17.6 Å². The summed E-state index contributed by atoms with van der Waals surface area (Å²) in [5.74, 6) is 1.49. The van der Waals surface area contributed by atoms with Gasteiger partial charge < -0.3 is 9.84 Å². The van der Waals surface area contributed by atoms with Crippen molar-refractivity contribution in [2.24, 2.45) is 5.92 Å². The highest BCUT2D eigenvalue weighted by atomic mass is 16.6. The largest absolute Gasteiger partial charge is 0.358 e. The molecule has 134 valence electrons. The average molecular weight is 354 g/mol. The zero-order valence-corrected chi connectivity index (χ0v) is 14.6. The third kappa shape index (κ3) is 3.66. The molecule has 0 aliphatic heterocycles. The van der Waals surface area contributed by atoms with Gasteiger partial charge in [-0.25, -0.2) is 4.98 Å². The summed E-state index contributed by atoms with van der Waals surface area (Å²) in [5.41, 5.74) is 1.08. The fourth-order valence-corrected chi connectivity index (χ4v) is 2.47. The molecule has 3 rings (SSSR count). The van der Waals surface area contributed by atoms with Crippen molar-refractivity contribution in [2.75, 3.05) is 5.32 Å². The molecular formula is C17H18N6O3. The molecule has 9 heteroatoms. The fourth-order valence-electron chi connectivity index (χ4n) is 2.47. The first-order valence-electron chi connectivity index (χ1n) is 8.08. The molecule has 9 nitrogen and oxygen atoms in total. The van der Waals surface area contributed by atoms with Crippen molar-refractivity contribution in [1.29, 1.82) is 0 Å². The highest BCUT2D eigenvalue weighted by Crippen LogP contribution is 2.27. The monoisotopic (exact) mass is 354 g/mol. The van der Waals surface area contributed by atoms with Gasteiger partial charge in [0.05, 0.1) is 4.92 Å². The lowest BCUT2D eigenvalue weighted by atomic mass is 10.0. The van der Waals surface area contributed by atoms with Crippen LogP contribution in [0.5, 0.6) is 0 Å². The number of nitrogens with zero attached hydrogens (tertiary/aromatic N) is 5. The number of rotatable bonds is 6. The van der Waals surface area contributed by atoms with Crippen LogP contribution in [0.1, 0.15) is 31.5 Å². The summed E-state index contributed by atoms with van der Waals surface area (Å²) in [6.45, 7) is 5.61. The molecule has 0 saturated carbocycles. The maximum Gasteiger partial charge on any atom is 0.290 e. The zero-order valence-electron chi connectivity index (χ0n) is 14.6. The number of aromatic nitrogens is 4. The molecule has 0 spiro atoms. The molecule has 3 heterocycles. The normalized spacial score (nSPS) is 12.2. The van der Waals surface area contributed by atoms with Crippen molar-refractivity contribution in [2.45, 2.75) is 26.8 Å². The second-order valence-corrected chi connectivity index (χ2v) is 6.12. The highest BCUT2D eigenvalue weighted by Gasteiger charge is 2.24. The van der Waals surface area contributed by atoms with Gasteiger partial charge in [-0.3, -0.25) is 15.1 Å². The fraction of sp³-hybridized carbons (Fsp3) is 0.294. The molecule has 1 unspecified atom stereocenters. The summed E-state index contributed by atoms with van der Waals surface area (Å²) in [4.78, 5) is 23.2. The second-order valence-electron chi connectivity index (χ2n) is 6.12. The number of aryl methyl sites for hydroxylation is 1. The van der Waals surface area contributed by atoms with Crippen LogP contribution in [0.25, 0.3) is 11.4 Å². The van der Waals surface area contributed by atoms with E-state index in [9.17, 15) is 10.1 Å². The van der Waals surface area contributed by atoms with Gasteiger partial charge >= 0.3 is 0 Å². The van der Waals surface area contributed by atoms with Crippen LogP contribution in [-0.2, 0) is 0 Å². The third-order valence-corrected chi connectivity index (χ3v) is 3.85. The summed E-state index contributed by atoms with van der Waals surface area (Å²) in [6, 6.07) is 6.35. The Hall–Kier alpha value is -3.36. The van der Waals surface area contributed by atoms with E-state index in [4.69, 9.17) is 4.52 Å². The van der Waals surface area contributed by atoms with Crippen molar-refractivity contribution in [3.8, 4) is 11.4 Å². The van der Waals surface area contributed by atoms with Crippen molar-refractivity contribution in [3.05, 3.63) is 58.4 Å². The van der Waals surface area contributed by atoms with Gasteiger partial charge in [-0.2, -0.15) is 4.98 Å². The topological polar surface area (TPSA) is 120 Å². The van der Waals surface area contributed by atoms with E-state index in [1.54, 1.807) is 31.5 Å². The number of pyridine rings is 2. The van der Waals surface area contributed by atoms with E-state index >= 15 is 0 Å². The van der Waals surface area contributed by atoms with E-state index in [2.05, 4.69) is 25.4 Å². The Labute approximate surface area is 149 Å². The molecule has 0 aliphatic carbocycles. The lowest BCUT2D eigenvalue weighted by Crippen LogP contribution is -2.18. The van der Waals surface area contributed by atoms with Crippen LogP contribution in [0.4, 0.5) is 11.5 Å². The maximum absolute atomic E-state index is 10.9. The van der Waals surface area contributed by atoms with Crippen LogP contribution in [0.15, 0.2) is 41.2 Å². The molecule has 3 aromatic rings. The van der Waals surface area contributed by atoms with Crippen LogP contribution in [0.3, 0.4) is 0 Å². The molecule has 26 heavy (non-hydrogen) atoms. The smallest absolute Gasteiger partial charge is 0.290 e. The van der Waals surface area contributed by atoms with Crippen molar-refractivity contribution in [1.82, 2.24) is 20.1 Å². The lowest BCUT2D eigenvalue weighted by Gasteiger charge is -2.19. The molecule has 3 aromatic heterocycles. The standard InChI is InChI=1S/C17H18N6O3/c1-10(2)15(20-14-7-6-13(23(24)25)11(3)19-14)17-21-16(22-26-17)12-5-4-8-18-9-12/h4-10,15H,1-3H3,(H,19,20). The summed E-state index contributed by atoms with van der Waals surface area (Å²) in [6.07, 6.45) is 3.33. The Morgan fingerprint density at radius 3 is 2.65 bits per heavy atom. The predicted octanol–water partition coefficient (Wildman–Crippen LogP) is 3.55. The first-order chi connectivity index (χ1) is 12.5. The minimum atomic E-state index is -0.454. The van der Waals surface area contributed by atoms with Gasteiger partial charge in [0.1, 0.15) is 17.6 Å². The Bertz CT molecular complexity index is 910. The maximum atomic E-state index is 10.9. The van der Waals surface area contributed by atoms with Crippen LogP contribution >= 0.6 is 0 Å². The molecule has 0 aromatic carbocycles. The molecule has 1 N–H and O–H groups in total. The summed E-state index contributed by atoms with van der Waals surface area (Å²) in [7, 11) is 0. The van der Waals surface area contributed by atoms with Gasteiger partial charge in [-0.05, 0) is 31.0 Å². The number of hydrogen-bond acceptors (Lipinski definition) is 8. The Morgan fingerprint density at radius 1 is 1.23 bits per heavy atom. The second kappa shape index (κ2) is 7.26. The number of nitro groups is 1. The molecule has 0 saturated heterocycles. The Kier molecular flexibility index (Phi) is 4.87. The van der Waals surface area contributed by atoms with Crippen LogP contribution in [0, 0.1) is 23.0 Å². The van der Waals surface area contributed by atoms with Gasteiger partial charge in [-0.1, -0.05) is 19.0 Å². The van der Waals surface area contributed by atoms with Crippen molar-refractivity contribution >= 4 is 11.5 Å². The molecule has 0 bridgehead atoms. The van der Waals surface area contributed by atoms with Gasteiger partial charge in [0.15, 0.2) is 0 Å². The Morgan fingerprint density at radius 2 is 2.04 bits per heavy atom. The minimum absolute atomic E-state index is 0.0201. The van der Waals surface area contributed by atoms with Crippen LogP contribution in [-0.4, -0.2) is 25.0 Å². The number of hydrogen-bond donors (Lipinski definition) is 1. The van der Waals surface area contributed by atoms with E-state index in [0.29, 0.717) is 23.2 Å². The highest BCUT2D eigenvalue weighted by molar-refractivity contribution is 5.52. The van der Waals surface area contributed by atoms with Gasteiger partial charge in [0.25, 0.3) is 5.69 Å². The summed E-state index contributed by atoms with van der Waals surface area (Å²) >= 11 is 0. The molecule has 1 atom stereocenters. The number of anilines is 1. The van der Waals surface area contributed by atoms with Gasteiger partial charge in [0, 0.05) is 24.0 Å². The minimum Gasteiger partial charge on any atom is -0.358 e. The molecule has 0 aliphatic rings. The molecule has 0 fully saturated rings. The quantitative estimate of drug-likeness (QED) is 0.527. The lowest BCUT2D eigenvalue weighted by molar-refractivity contribution is -0.385. The first-order valence-corrected chi connectivity index (χ1v) is 8.08. The van der Waals surface area contributed by atoms with Gasteiger partial charge in [-0.15, -0.1) is 0 Å². The van der Waals surface area contributed by atoms with Crippen molar-refractivity contribution in [3.63, 3.8) is 0 Å². The van der Waals surface area contributed by atoms with E-state index in [0.717, 1.165) is 5.56 Å². The van der Waals surface area contributed by atoms with E-state index in [1.807, 2.05) is 19.9 Å². The molecular weight excluding hydrogens is 336 g/mol. The van der Waals surface area contributed by atoms with E-state index < -0.39 is 4.92 Å². The van der Waals surface area contributed by atoms with Crippen LogP contribution in [0.2, 0.25) is 0 Å². The zero-order chi connectivity index (χ0) is 18.7. The molecule has 0 amide bonds. The SMILES string of the molecule is Cc1nc(NC(c2nc(-c3cccnc3)no2)C(C)C)ccc1[N+](=O)[O-]. The van der Waals surface area contributed by atoms with Crippen molar-refractivity contribution < 1.29 is 9.45 Å². The summed E-state index contributed by atoms with van der Waals surface area (Å²) in [5, 5.41) is 18.2. The number of nitrogens with one attached hydrogen (secondary N) is 1. The Balaban J connectivity index is 1.85. The third-order valence-electron chi connectivity index (χ3n) is 3.85. The van der Waals surface area contributed by atoms with E-state index in [1.165, 1.54) is 6.07 Å². The van der Waals surface area contributed by atoms with Crippen LogP contribution < -0.4 is 5.32 Å².